The van der Waals surface area contributed by atoms with Crippen molar-refractivity contribution in [2.24, 2.45) is 0 Å². The van der Waals surface area contributed by atoms with E-state index in [1.807, 2.05) is 0 Å². The minimum Gasteiger partial charge on any atom is -0.491 e. The lowest BCUT2D eigenvalue weighted by molar-refractivity contribution is 0.0590. The molecule has 0 aliphatic rings. The third-order valence-electron chi connectivity index (χ3n) is 3.63. The summed E-state index contributed by atoms with van der Waals surface area (Å²) in [5.74, 6) is -3.12. The molecule has 0 saturated heterocycles. The van der Waals surface area contributed by atoms with Gasteiger partial charge in [-0.1, -0.05) is 6.07 Å². The summed E-state index contributed by atoms with van der Waals surface area (Å²) < 4.78 is 37.7. The van der Waals surface area contributed by atoms with Crippen molar-refractivity contribution in [1.82, 2.24) is 9.88 Å². The quantitative estimate of drug-likeness (QED) is 0.814. The molecule has 1 amide bonds. The van der Waals surface area contributed by atoms with E-state index in [9.17, 15) is 13.6 Å². The Bertz CT molecular complexity index is 710. The number of methoxy groups -OCH3 is 2. The van der Waals surface area contributed by atoms with Gasteiger partial charge in [-0.3, -0.25) is 9.78 Å². The highest BCUT2D eigenvalue weighted by molar-refractivity contribution is 5.95. The van der Waals surface area contributed by atoms with Gasteiger partial charge in [-0.25, -0.2) is 8.78 Å². The number of pyridine rings is 1. The van der Waals surface area contributed by atoms with E-state index in [0.717, 1.165) is 19.2 Å². The molecule has 5 nitrogen and oxygen atoms in total. The predicted molar refractivity (Wildman–Crippen MR) is 83.9 cm³/mol. The van der Waals surface area contributed by atoms with Crippen molar-refractivity contribution in [3.63, 3.8) is 0 Å². The molecule has 0 aliphatic heterocycles. The van der Waals surface area contributed by atoms with Gasteiger partial charge in [0.25, 0.3) is 5.91 Å². The molecule has 1 heterocycles. The first kappa shape index (κ1) is 17.8. The second kappa shape index (κ2) is 7.83. The number of amides is 1. The smallest absolute Gasteiger partial charge is 0.257 e. The van der Waals surface area contributed by atoms with Gasteiger partial charge >= 0.3 is 0 Å². The molecule has 2 aromatic rings. The predicted octanol–water partition coefficient (Wildman–Crippen LogP) is 2.83. The number of halogens is 2. The van der Waals surface area contributed by atoms with Crippen LogP contribution in [0.25, 0.3) is 0 Å². The van der Waals surface area contributed by atoms with Gasteiger partial charge in [0.2, 0.25) is 0 Å². The Labute approximate surface area is 138 Å². The summed E-state index contributed by atoms with van der Waals surface area (Å²) in [5.41, 5.74) is 0.317. The summed E-state index contributed by atoms with van der Waals surface area (Å²) in [5, 5.41) is 0. The highest BCUT2D eigenvalue weighted by Gasteiger charge is 2.27. The van der Waals surface area contributed by atoms with Crippen molar-refractivity contribution >= 4 is 5.91 Å². The lowest BCUT2D eigenvalue weighted by atomic mass is 10.1. The second-order valence-electron chi connectivity index (χ2n) is 5.08. The first-order valence-corrected chi connectivity index (χ1v) is 7.20. The molecule has 0 bridgehead atoms. The molecule has 0 aliphatic carbocycles. The molecule has 128 valence electrons. The lowest BCUT2D eigenvalue weighted by Gasteiger charge is -2.27. The van der Waals surface area contributed by atoms with Gasteiger partial charge in [-0.2, -0.15) is 0 Å². The van der Waals surface area contributed by atoms with Crippen LogP contribution >= 0.6 is 0 Å². The fourth-order valence-electron chi connectivity index (χ4n) is 2.34. The van der Waals surface area contributed by atoms with Gasteiger partial charge < -0.3 is 14.4 Å². The SMILES string of the molecule is COC[C@H](c1ccccn1)N(C)C(=O)c1ccc(F)c(OC)c1F. The lowest BCUT2D eigenvalue weighted by Crippen LogP contribution is -2.34. The molecule has 0 N–H and O–H groups in total. The number of ether oxygens (including phenoxy) is 2. The van der Waals surface area contributed by atoms with Crippen LogP contribution in [-0.2, 0) is 4.74 Å². The molecular weight excluding hydrogens is 318 g/mol. The number of hydrogen-bond acceptors (Lipinski definition) is 4. The van der Waals surface area contributed by atoms with Crippen LogP contribution in [0.15, 0.2) is 36.5 Å². The maximum atomic E-state index is 14.3. The Morgan fingerprint density at radius 3 is 2.58 bits per heavy atom. The zero-order valence-electron chi connectivity index (χ0n) is 13.6. The standard InChI is InChI=1S/C17H18F2N2O3/c1-21(14(10-23-2)13-6-4-5-9-20-13)17(22)11-7-8-12(18)16(24-3)15(11)19/h4-9,14H,10H2,1-3H3/t14-/m1/s1. The van der Waals surface area contributed by atoms with Gasteiger partial charge in [0.05, 0.1) is 31.0 Å². The van der Waals surface area contributed by atoms with Gasteiger partial charge in [0.1, 0.15) is 0 Å². The van der Waals surface area contributed by atoms with Crippen LogP contribution < -0.4 is 4.74 Å². The Balaban J connectivity index is 2.37. The number of carbonyl (C=O) groups excluding carboxylic acids is 1. The van der Waals surface area contributed by atoms with Gasteiger partial charge in [0, 0.05) is 20.4 Å². The monoisotopic (exact) mass is 336 g/mol. The van der Waals surface area contributed by atoms with E-state index in [1.165, 1.54) is 19.1 Å². The number of aromatic nitrogens is 1. The highest BCUT2D eigenvalue weighted by Crippen LogP contribution is 2.27. The maximum Gasteiger partial charge on any atom is 0.257 e. The third-order valence-corrected chi connectivity index (χ3v) is 3.63. The van der Waals surface area contributed by atoms with Gasteiger partial charge in [-0.05, 0) is 24.3 Å². The third kappa shape index (κ3) is 3.51. The molecule has 2 rings (SSSR count). The topological polar surface area (TPSA) is 51.7 Å². The molecule has 24 heavy (non-hydrogen) atoms. The van der Waals surface area contributed by atoms with E-state index in [4.69, 9.17) is 4.74 Å². The van der Waals surface area contributed by atoms with Crippen LogP contribution in [0, 0.1) is 11.6 Å². The fourth-order valence-corrected chi connectivity index (χ4v) is 2.34. The Morgan fingerprint density at radius 1 is 1.25 bits per heavy atom. The van der Waals surface area contributed by atoms with Crippen molar-refractivity contribution < 1.29 is 23.0 Å². The minimum atomic E-state index is -1.04. The molecular formula is C17H18F2N2O3. The van der Waals surface area contributed by atoms with Crippen LogP contribution in [0.4, 0.5) is 8.78 Å². The van der Waals surface area contributed by atoms with Crippen LogP contribution in [0.1, 0.15) is 22.1 Å². The first-order chi connectivity index (χ1) is 11.5. The Morgan fingerprint density at radius 2 is 2.00 bits per heavy atom. The number of likely N-dealkylation sites (N-methyl/N-ethyl adjacent to an activating group) is 1. The molecule has 0 unspecified atom stereocenters. The van der Waals surface area contributed by atoms with Crippen LogP contribution in [0.5, 0.6) is 5.75 Å². The summed E-state index contributed by atoms with van der Waals surface area (Å²) in [6.07, 6.45) is 1.60. The zero-order valence-corrected chi connectivity index (χ0v) is 13.6. The summed E-state index contributed by atoms with van der Waals surface area (Å²) in [6.45, 7) is 0.180. The highest BCUT2D eigenvalue weighted by atomic mass is 19.1. The van der Waals surface area contributed by atoms with Crippen LogP contribution in [0.2, 0.25) is 0 Å². The maximum absolute atomic E-state index is 14.3. The Kier molecular flexibility index (Phi) is 5.81. The second-order valence-corrected chi connectivity index (χ2v) is 5.08. The van der Waals surface area contributed by atoms with Crippen LogP contribution in [-0.4, -0.2) is 43.7 Å². The number of nitrogens with zero attached hydrogens (tertiary/aromatic N) is 2. The largest absolute Gasteiger partial charge is 0.491 e. The summed E-state index contributed by atoms with van der Waals surface area (Å²) in [6, 6.07) is 6.85. The number of rotatable bonds is 6. The van der Waals surface area contributed by atoms with Gasteiger partial charge in [0.15, 0.2) is 17.4 Å². The number of carbonyl (C=O) groups is 1. The zero-order chi connectivity index (χ0) is 17.7. The van der Waals surface area contributed by atoms with E-state index in [1.54, 1.807) is 24.4 Å². The fraction of sp³-hybridized carbons (Fsp3) is 0.294. The normalized spacial score (nSPS) is 11.9. The molecule has 1 aromatic heterocycles. The van der Waals surface area contributed by atoms with Gasteiger partial charge in [-0.15, -0.1) is 0 Å². The number of hydrogen-bond donors (Lipinski definition) is 0. The van der Waals surface area contributed by atoms with E-state index in [-0.39, 0.29) is 12.2 Å². The van der Waals surface area contributed by atoms with E-state index >= 15 is 0 Å². The van der Waals surface area contributed by atoms with E-state index < -0.39 is 29.3 Å². The Hall–Kier alpha value is -2.54. The number of benzene rings is 1. The summed E-state index contributed by atoms with van der Waals surface area (Å²) in [7, 11) is 4.15. The minimum absolute atomic E-state index is 0.180. The molecule has 0 spiro atoms. The summed E-state index contributed by atoms with van der Waals surface area (Å²) in [4.78, 5) is 18.2. The average molecular weight is 336 g/mol. The van der Waals surface area contributed by atoms with Crippen LogP contribution in [0.3, 0.4) is 0 Å². The average Bonchev–Trinajstić information content (AvgIpc) is 2.60. The van der Waals surface area contributed by atoms with E-state index in [2.05, 4.69) is 9.72 Å². The molecule has 7 heteroatoms. The molecule has 1 atom stereocenters. The first-order valence-electron chi connectivity index (χ1n) is 7.20. The molecule has 0 radical (unpaired) electrons. The van der Waals surface area contributed by atoms with Crippen molar-refractivity contribution in [3.8, 4) is 5.75 Å². The molecule has 0 saturated carbocycles. The van der Waals surface area contributed by atoms with Crippen molar-refractivity contribution in [3.05, 3.63) is 59.4 Å². The van der Waals surface area contributed by atoms with Crippen molar-refractivity contribution in [1.29, 1.82) is 0 Å². The molecule has 0 fully saturated rings. The summed E-state index contributed by atoms with van der Waals surface area (Å²) >= 11 is 0. The molecule has 1 aromatic carbocycles. The van der Waals surface area contributed by atoms with Crippen molar-refractivity contribution in [2.75, 3.05) is 27.9 Å². The van der Waals surface area contributed by atoms with E-state index in [0.29, 0.717) is 5.69 Å². The van der Waals surface area contributed by atoms with Crippen molar-refractivity contribution in [2.45, 2.75) is 6.04 Å².